The second kappa shape index (κ2) is 5.46. The molecule has 0 fully saturated rings. The maximum absolute atomic E-state index is 13.6. The number of nitrogens with zero attached hydrogens (tertiary/aromatic N) is 2. The highest BCUT2D eigenvalue weighted by Crippen LogP contribution is 2.16. The third kappa shape index (κ3) is 2.70. The van der Waals surface area contributed by atoms with E-state index >= 15 is 0 Å². The Hall–Kier alpha value is -1.62. The number of hydrogen-bond donors (Lipinski definition) is 1. The van der Waals surface area contributed by atoms with E-state index in [1.807, 2.05) is 0 Å². The van der Waals surface area contributed by atoms with Gasteiger partial charge in [0.15, 0.2) is 0 Å². The van der Waals surface area contributed by atoms with Gasteiger partial charge in [0.1, 0.15) is 24.4 Å². The molecular formula is C10H10ClFN2O2. The molecule has 0 aliphatic carbocycles. The van der Waals surface area contributed by atoms with Crippen LogP contribution in [0.15, 0.2) is 28.5 Å². The van der Waals surface area contributed by atoms with Crippen molar-refractivity contribution < 1.29 is 14.4 Å². The molecule has 0 aliphatic rings. The molecule has 0 bridgehead atoms. The number of oxime groups is 2. The summed E-state index contributed by atoms with van der Waals surface area (Å²) < 4.78 is 13.6. The Morgan fingerprint density at radius 1 is 1.50 bits per heavy atom. The standard InChI is InChI=1S/C10H10ClFN2O2/c1-6(13-15)10(14-16-2)8-4-3-7(11)5-9(8)12/h3-5,15H,1-2H3/b13-6+,14-10-. The van der Waals surface area contributed by atoms with Crippen molar-refractivity contribution in [2.75, 3.05) is 7.11 Å². The van der Waals surface area contributed by atoms with Crippen molar-refractivity contribution in [3.05, 3.63) is 34.6 Å². The molecule has 4 nitrogen and oxygen atoms in total. The fraction of sp³-hybridized carbons (Fsp3) is 0.200. The molecule has 0 saturated carbocycles. The summed E-state index contributed by atoms with van der Waals surface area (Å²) in [6.45, 7) is 1.48. The summed E-state index contributed by atoms with van der Waals surface area (Å²) in [5, 5.41) is 15.5. The Morgan fingerprint density at radius 2 is 2.19 bits per heavy atom. The second-order valence-electron chi connectivity index (χ2n) is 2.93. The first kappa shape index (κ1) is 12.4. The van der Waals surface area contributed by atoms with Crippen LogP contribution in [0.2, 0.25) is 5.02 Å². The number of halogens is 2. The van der Waals surface area contributed by atoms with Gasteiger partial charge in [0, 0.05) is 10.6 Å². The van der Waals surface area contributed by atoms with Crippen molar-refractivity contribution in [2.45, 2.75) is 6.92 Å². The van der Waals surface area contributed by atoms with Crippen LogP contribution in [0.1, 0.15) is 12.5 Å². The highest BCUT2D eigenvalue weighted by molar-refractivity contribution is 6.47. The van der Waals surface area contributed by atoms with Crippen LogP contribution in [0.5, 0.6) is 0 Å². The molecule has 86 valence electrons. The van der Waals surface area contributed by atoms with Crippen molar-refractivity contribution in [1.82, 2.24) is 0 Å². The average Bonchev–Trinajstić information content (AvgIpc) is 2.26. The van der Waals surface area contributed by atoms with E-state index in [1.54, 1.807) is 0 Å². The molecule has 16 heavy (non-hydrogen) atoms. The summed E-state index contributed by atoms with van der Waals surface area (Å²) in [6.07, 6.45) is 0. The van der Waals surface area contributed by atoms with E-state index in [9.17, 15) is 4.39 Å². The molecule has 1 aromatic carbocycles. The number of rotatable bonds is 3. The highest BCUT2D eigenvalue weighted by atomic mass is 35.5. The summed E-state index contributed by atoms with van der Waals surface area (Å²) in [6, 6.07) is 4.09. The van der Waals surface area contributed by atoms with Crippen LogP contribution in [0.4, 0.5) is 4.39 Å². The largest absolute Gasteiger partial charge is 0.411 e. The maximum Gasteiger partial charge on any atom is 0.137 e. The van der Waals surface area contributed by atoms with E-state index < -0.39 is 5.82 Å². The summed E-state index contributed by atoms with van der Waals surface area (Å²) >= 11 is 5.62. The third-order valence-electron chi connectivity index (χ3n) is 1.86. The van der Waals surface area contributed by atoms with Crippen molar-refractivity contribution >= 4 is 23.0 Å². The number of hydrogen-bond acceptors (Lipinski definition) is 4. The van der Waals surface area contributed by atoms with E-state index in [0.717, 1.165) is 6.07 Å². The number of benzene rings is 1. The minimum absolute atomic E-state index is 0.110. The van der Waals surface area contributed by atoms with Crippen molar-refractivity contribution in [2.24, 2.45) is 10.3 Å². The molecule has 0 radical (unpaired) electrons. The van der Waals surface area contributed by atoms with Gasteiger partial charge in [-0.2, -0.15) is 0 Å². The lowest BCUT2D eigenvalue weighted by Crippen LogP contribution is -2.14. The molecule has 0 aromatic heterocycles. The predicted molar refractivity (Wildman–Crippen MR) is 59.9 cm³/mol. The van der Waals surface area contributed by atoms with Crippen LogP contribution >= 0.6 is 11.6 Å². The van der Waals surface area contributed by atoms with Gasteiger partial charge in [-0.15, -0.1) is 0 Å². The van der Waals surface area contributed by atoms with Crippen LogP contribution in [-0.2, 0) is 4.84 Å². The molecule has 0 saturated heterocycles. The van der Waals surface area contributed by atoms with E-state index in [-0.39, 0.29) is 22.0 Å². The van der Waals surface area contributed by atoms with E-state index in [1.165, 1.54) is 26.2 Å². The zero-order valence-corrected chi connectivity index (χ0v) is 9.49. The topological polar surface area (TPSA) is 54.2 Å². The molecule has 0 atom stereocenters. The summed E-state index contributed by atoms with van der Waals surface area (Å²) in [5.41, 5.74) is 0.406. The van der Waals surface area contributed by atoms with Crippen LogP contribution in [-0.4, -0.2) is 23.7 Å². The fourth-order valence-electron chi connectivity index (χ4n) is 1.13. The second-order valence-corrected chi connectivity index (χ2v) is 3.37. The van der Waals surface area contributed by atoms with Gasteiger partial charge in [-0.1, -0.05) is 21.9 Å². The smallest absolute Gasteiger partial charge is 0.137 e. The van der Waals surface area contributed by atoms with Crippen LogP contribution in [0.3, 0.4) is 0 Å². The lowest BCUT2D eigenvalue weighted by atomic mass is 10.1. The molecule has 6 heteroatoms. The fourth-order valence-corrected chi connectivity index (χ4v) is 1.29. The predicted octanol–water partition coefficient (Wildman–Crippen LogP) is 2.68. The minimum Gasteiger partial charge on any atom is -0.411 e. The van der Waals surface area contributed by atoms with Gasteiger partial charge in [-0.3, -0.25) is 0 Å². The zero-order chi connectivity index (χ0) is 12.1. The Balaban J connectivity index is 3.28. The van der Waals surface area contributed by atoms with Crippen LogP contribution in [0.25, 0.3) is 0 Å². The molecule has 0 aliphatic heterocycles. The van der Waals surface area contributed by atoms with E-state index in [0.29, 0.717) is 0 Å². The molecule has 1 rings (SSSR count). The molecule has 1 N–H and O–H groups in total. The summed E-state index contributed by atoms with van der Waals surface area (Å²) in [5.74, 6) is -0.564. The Bertz CT molecular complexity index is 446. The lowest BCUT2D eigenvalue weighted by Gasteiger charge is -2.05. The first-order valence-electron chi connectivity index (χ1n) is 4.35. The molecule has 0 amide bonds. The zero-order valence-electron chi connectivity index (χ0n) is 8.74. The minimum atomic E-state index is -0.564. The molecular weight excluding hydrogens is 235 g/mol. The van der Waals surface area contributed by atoms with Gasteiger partial charge in [0.2, 0.25) is 0 Å². The maximum atomic E-state index is 13.6. The van der Waals surface area contributed by atoms with Crippen LogP contribution in [0, 0.1) is 5.82 Å². The quantitative estimate of drug-likeness (QED) is 0.505. The Morgan fingerprint density at radius 3 is 2.69 bits per heavy atom. The van der Waals surface area contributed by atoms with Crippen molar-refractivity contribution in [1.29, 1.82) is 0 Å². The normalized spacial score (nSPS) is 12.8. The van der Waals surface area contributed by atoms with E-state index in [2.05, 4.69) is 15.1 Å². The first-order valence-corrected chi connectivity index (χ1v) is 4.73. The lowest BCUT2D eigenvalue weighted by molar-refractivity contribution is 0.214. The van der Waals surface area contributed by atoms with E-state index in [4.69, 9.17) is 16.8 Å². The first-order chi connectivity index (χ1) is 7.60. The van der Waals surface area contributed by atoms with Gasteiger partial charge in [0.05, 0.1) is 0 Å². The summed E-state index contributed by atoms with van der Waals surface area (Å²) in [4.78, 5) is 4.56. The molecule has 1 aromatic rings. The van der Waals surface area contributed by atoms with Crippen LogP contribution < -0.4 is 0 Å². The van der Waals surface area contributed by atoms with Crippen molar-refractivity contribution in [3.8, 4) is 0 Å². The van der Waals surface area contributed by atoms with Gasteiger partial charge in [-0.05, 0) is 25.1 Å². The molecule has 0 unspecified atom stereocenters. The van der Waals surface area contributed by atoms with Crippen molar-refractivity contribution in [3.63, 3.8) is 0 Å². The van der Waals surface area contributed by atoms with Gasteiger partial charge in [-0.25, -0.2) is 4.39 Å². The Kier molecular flexibility index (Phi) is 4.25. The van der Waals surface area contributed by atoms with Gasteiger partial charge < -0.3 is 10.0 Å². The Labute approximate surface area is 97.0 Å². The summed E-state index contributed by atoms with van der Waals surface area (Å²) in [7, 11) is 1.32. The van der Waals surface area contributed by atoms with Gasteiger partial charge >= 0.3 is 0 Å². The molecule has 0 spiro atoms. The molecule has 0 heterocycles. The monoisotopic (exact) mass is 244 g/mol. The SMILES string of the molecule is CO/N=C(/C(C)=N/O)c1ccc(Cl)cc1F. The third-order valence-corrected chi connectivity index (χ3v) is 2.10. The highest BCUT2D eigenvalue weighted by Gasteiger charge is 2.14. The van der Waals surface area contributed by atoms with Gasteiger partial charge in [0.25, 0.3) is 0 Å². The average molecular weight is 245 g/mol.